The van der Waals surface area contributed by atoms with Gasteiger partial charge < -0.3 is 24.3 Å². The molecule has 1 aromatic heterocycles. The number of fused-ring (bicyclic) bond motifs is 2. The van der Waals surface area contributed by atoms with Crippen molar-refractivity contribution in [3.8, 4) is 5.75 Å². The van der Waals surface area contributed by atoms with Crippen molar-refractivity contribution in [3.05, 3.63) is 94.7 Å². The number of anilines is 1. The molecule has 0 bridgehead atoms. The van der Waals surface area contributed by atoms with Gasteiger partial charge in [0.1, 0.15) is 17.9 Å². The first-order valence-corrected chi connectivity index (χ1v) is 10.5. The summed E-state index contributed by atoms with van der Waals surface area (Å²) in [4.78, 5) is 13.0. The van der Waals surface area contributed by atoms with Crippen LogP contribution in [0.1, 0.15) is 34.0 Å². The van der Waals surface area contributed by atoms with Crippen molar-refractivity contribution in [3.63, 3.8) is 0 Å². The van der Waals surface area contributed by atoms with Gasteiger partial charge in [-0.25, -0.2) is 0 Å². The highest BCUT2D eigenvalue weighted by Crippen LogP contribution is 2.38. The number of ether oxygens (including phenoxy) is 1. The van der Waals surface area contributed by atoms with Crippen molar-refractivity contribution in [2.75, 3.05) is 4.90 Å². The number of aliphatic hydroxyl groups is 1. The first-order valence-electron chi connectivity index (χ1n) is 10.5. The van der Waals surface area contributed by atoms with E-state index in [-0.39, 0.29) is 6.42 Å². The van der Waals surface area contributed by atoms with Gasteiger partial charge in [0.25, 0.3) is 0 Å². The predicted molar refractivity (Wildman–Crippen MR) is 121 cm³/mol. The summed E-state index contributed by atoms with van der Waals surface area (Å²) in [6, 6.07) is 19.5. The van der Waals surface area contributed by atoms with Crippen LogP contribution in [0, 0.1) is 6.92 Å². The Balaban J connectivity index is 1.35. The Bertz CT molecular complexity index is 1290. The summed E-state index contributed by atoms with van der Waals surface area (Å²) in [5.74, 6) is -0.256. The second-order valence-corrected chi connectivity index (χ2v) is 8.10. The van der Waals surface area contributed by atoms with E-state index in [1.165, 1.54) is 11.8 Å². The fourth-order valence-corrected chi connectivity index (χ4v) is 4.23. The zero-order valence-electron chi connectivity index (χ0n) is 17.6. The number of hydrogen-bond donors (Lipinski definition) is 2. The van der Waals surface area contributed by atoms with Crippen LogP contribution in [-0.2, 0) is 24.4 Å². The Morgan fingerprint density at radius 2 is 1.94 bits per heavy atom. The first-order chi connectivity index (χ1) is 15.5. The van der Waals surface area contributed by atoms with Gasteiger partial charge in [-0.1, -0.05) is 35.9 Å². The molecule has 0 saturated carbocycles. The molecule has 1 atom stereocenters. The lowest BCUT2D eigenvalue weighted by Gasteiger charge is -2.23. The van der Waals surface area contributed by atoms with E-state index in [1.807, 2.05) is 66.4 Å². The fraction of sp³-hybridized carbons (Fsp3) is 0.192. The van der Waals surface area contributed by atoms with Crippen LogP contribution < -0.4 is 9.64 Å². The van der Waals surface area contributed by atoms with Crippen LogP contribution in [0.25, 0.3) is 11.0 Å². The molecule has 0 saturated heterocycles. The van der Waals surface area contributed by atoms with Crippen molar-refractivity contribution in [2.45, 2.75) is 32.7 Å². The number of benzene rings is 3. The number of carbonyl (C=O) groups is 1. The summed E-state index contributed by atoms with van der Waals surface area (Å²) < 4.78 is 11.6. The SMILES string of the molecule is Cc1ccc(N2Cc3c(COc4ccc5c(CC(=O)O)coc5c4)cccc3C2O)cc1. The number of carboxylic acids is 1. The van der Waals surface area contributed by atoms with Crippen molar-refractivity contribution in [2.24, 2.45) is 0 Å². The molecule has 5 rings (SSSR count). The normalized spacial score (nSPS) is 15.2. The molecule has 2 heterocycles. The number of aliphatic carboxylic acids is 1. The van der Waals surface area contributed by atoms with Gasteiger partial charge in [0.15, 0.2) is 6.23 Å². The third-order valence-electron chi connectivity index (χ3n) is 5.94. The van der Waals surface area contributed by atoms with Crippen molar-refractivity contribution < 1.29 is 24.2 Å². The van der Waals surface area contributed by atoms with E-state index >= 15 is 0 Å². The highest BCUT2D eigenvalue weighted by molar-refractivity contribution is 5.86. The summed E-state index contributed by atoms with van der Waals surface area (Å²) in [6.45, 7) is 3.00. The van der Waals surface area contributed by atoms with Crippen LogP contribution in [0.15, 0.2) is 71.3 Å². The lowest BCUT2D eigenvalue weighted by atomic mass is 10.0. The summed E-state index contributed by atoms with van der Waals surface area (Å²) in [5.41, 5.74) is 6.38. The molecule has 0 radical (unpaired) electrons. The maximum atomic E-state index is 11.0. The molecular formula is C26H23NO5. The first kappa shape index (κ1) is 20.2. The molecule has 6 nitrogen and oxygen atoms in total. The molecule has 2 N–H and O–H groups in total. The monoisotopic (exact) mass is 429 g/mol. The number of carboxylic acid groups (broad SMARTS) is 1. The quantitative estimate of drug-likeness (QED) is 0.451. The fourth-order valence-electron chi connectivity index (χ4n) is 4.23. The molecule has 1 aliphatic rings. The Labute approximate surface area is 185 Å². The molecular weight excluding hydrogens is 406 g/mol. The highest BCUT2D eigenvalue weighted by atomic mass is 16.5. The maximum Gasteiger partial charge on any atom is 0.307 e. The van der Waals surface area contributed by atoms with E-state index in [9.17, 15) is 9.90 Å². The molecule has 32 heavy (non-hydrogen) atoms. The minimum absolute atomic E-state index is 0.0802. The second kappa shape index (κ2) is 8.05. The Morgan fingerprint density at radius 1 is 1.12 bits per heavy atom. The van der Waals surface area contributed by atoms with Gasteiger partial charge in [0.2, 0.25) is 0 Å². The molecule has 0 fully saturated rings. The van der Waals surface area contributed by atoms with E-state index in [2.05, 4.69) is 0 Å². The number of furan rings is 1. The van der Waals surface area contributed by atoms with Crippen LogP contribution >= 0.6 is 0 Å². The standard InChI is InChI=1S/C26H23NO5/c1-16-5-7-19(8-6-16)27-13-23-17(3-2-4-22(23)26(27)30)14-31-20-9-10-21-18(11-25(28)29)15-32-24(21)12-20/h2-10,12,15,26,30H,11,13-14H2,1H3,(H,28,29). The second-order valence-electron chi connectivity index (χ2n) is 8.10. The summed E-state index contributed by atoms with van der Waals surface area (Å²) >= 11 is 0. The van der Waals surface area contributed by atoms with Crippen molar-refractivity contribution in [1.29, 1.82) is 0 Å². The van der Waals surface area contributed by atoms with Gasteiger partial charge in [0, 0.05) is 34.8 Å². The van der Waals surface area contributed by atoms with Gasteiger partial charge in [-0.15, -0.1) is 0 Å². The minimum Gasteiger partial charge on any atom is -0.489 e. The van der Waals surface area contributed by atoms with Gasteiger partial charge in [-0.3, -0.25) is 4.79 Å². The predicted octanol–water partition coefficient (Wildman–Crippen LogP) is 4.96. The lowest BCUT2D eigenvalue weighted by Crippen LogP contribution is -2.20. The molecule has 0 amide bonds. The average molecular weight is 429 g/mol. The van der Waals surface area contributed by atoms with Crippen LogP contribution in [0.2, 0.25) is 0 Å². The highest BCUT2D eigenvalue weighted by Gasteiger charge is 2.30. The molecule has 3 aromatic carbocycles. The molecule has 162 valence electrons. The van der Waals surface area contributed by atoms with E-state index in [1.54, 1.807) is 6.07 Å². The zero-order valence-corrected chi connectivity index (χ0v) is 17.6. The van der Waals surface area contributed by atoms with Crippen LogP contribution in [0.4, 0.5) is 5.69 Å². The largest absolute Gasteiger partial charge is 0.489 e. The van der Waals surface area contributed by atoms with Crippen molar-refractivity contribution in [1.82, 2.24) is 0 Å². The number of hydrogen-bond acceptors (Lipinski definition) is 5. The molecule has 4 aromatic rings. The smallest absolute Gasteiger partial charge is 0.307 e. The lowest BCUT2D eigenvalue weighted by molar-refractivity contribution is -0.136. The third-order valence-corrected chi connectivity index (χ3v) is 5.94. The summed E-state index contributed by atoms with van der Waals surface area (Å²) in [7, 11) is 0. The van der Waals surface area contributed by atoms with E-state index in [0.717, 1.165) is 27.8 Å². The summed E-state index contributed by atoms with van der Waals surface area (Å²) in [6.07, 6.45) is 0.705. The van der Waals surface area contributed by atoms with Crippen LogP contribution in [0.5, 0.6) is 5.75 Å². The number of nitrogens with zero attached hydrogens (tertiary/aromatic N) is 1. The minimum atomic E-state index is -0.896. The maximum absolute atomic E-state index is 11.0. The van der Waals surface area contributed by atoms with Gasteiger partial charge in [0.05, 0.1) is 12.7 Å². The Morgan fingerprint density at radius 3 is 2.72 bits per heavy atom. The number of aryl methyl sites for hydroxylation is 1. The third kappa shape index (κ3) is 3.69. The zero-order chi connectivity index (χ0) is 22.2. The van der Waals surface area contributed by atoms with E-state index in [4.69, 9.17) is 14.3 Å². The Kier molecular flexibility index (Phi) is 5.07. The molecule has 1 unspecified atom stereocenters. The molecule has 0 spiro atoms. The number of rotatable bonds is 6. The summed E-state index contributed by atoms with van der Waals surface area (Å²) in [5, 5.41) is 20.7. The number of aliphatic hydroxyl groups excluding tert-OH is 1. The van der Waals surface area contributed by atoms with Gasteiger partial charge in [-0.2, -0.15) is 0 Å². The van der Waals surface area contributed by atoms with E-state index in [0.29, 0.717) is 30.0 Å². The van der Waals surface area contributed by atoms with E-state index < -0.39 is 12.2 Å². The van der Waals surface area contributed by atoms with Crippen LogP contribution in [-0.4, -0.2) is 16.2 Å². The van der Waals surface area contributed by atoms with Crippen molar-refractivity contribution >= 4 is 22.6 Å². The van der Waals surface area contributed by atoms with Gasteiger partial charge in [-0.05, 0) is 42.3 Å². The Hall–Kier alpha value is -3.77. The average Bonchev–Trinajstić information content (AvgIpc) is 3.33. The van der Waals surface area contributed by atoms with Crippen LogP contribution in [0.3, 0.4) is 0 Å². The molecule has 6 heteroatoms. The molecule has 1 aliphatic heterocycles. The topological polar surface area (TPSA) is 83.1 Å². The molecule has 0 aliphatic carbocycles. The van der Waals surface area contributed by atoms with Gasteiger partial charge >= 0.3 is 5.97 Å².